The first-order valence-electron chi connectivity index (χ1n) is 8.65. The molecule has 1 heterocycles. The normalized spacial score (nSPS) is 15.0. The minimum absolute atomic E-state index is 0. The van der Waals surface area contributed by atoms with Crippen LogP contribution in [0.5, 0.6) is 5.75 Å². The minimum atomic E-state index is -3.89. The second-order valence-electron chi connectivity index (χ2n) is 6.46. The number of hydrogen-bond acceptors (Lipinski definition) is 5. The summed E-state index contributed by atoms with van der Waals surface area (Å²) < 4.78 is 28.4. The summed E-state index contributed by atoms with van der Waals surface area (Å²) >= 11 is 0. The van der Waals surface area contributed by atoms with Gasteiger partial charge in [0.15, 0.2) is 0 Å². The van der Waals surface area contributed by atoms with Crippen molar-refractivity contribution in [3.05, 3.63) is 59.7 Å². The van der Waals surface area contributed by atoms with Crippen LogP contribution in [0.2, 0.25) is 0 Å². The topological polar surface area (TPSA) is 92.9 Å². The average Bonchev–Trinajstić information content (AvgIpc) is 2.67. The first-order valence-corrected chi connectivity index (χ1v) is 10.2. The van der Waals surface area contributed by atoms with Crippen LogP contribution in [0.15, 0.2) is 53.4 Å². The molecule has 28 heavy (non-hydrogen) atoms. The van der Waals surface area contributed by atoms with Crippen molar-refractivity contribution in [2.75, 3.05) is 33.3 Å². The van der Waals surface area contributed by atoms with Crippen LogP contribution >= 0.6 is 12.4 Å². The molecule has 0 unspecified atom stereocenters. The van der Waals surface area contributed by atoms with E-state index < -0.39 is 10.0 Å². The van der Waals surface area contributed by atoms with Gasteiger partial charge in [0.2, 0.25) is 10.0 Å². The van der Waals surface area contributed by atoms with Crippen molar-refractivity contribution < 1.29 is 17.9 Å². The Morgan fingerprint density at radius 3 is 2.29 bits per heavy atom. The predicted octanol–water partition coefficient (Wildman–Crippen LogP) is 1.72. The molecule has 0 bridgehead atoms. The Morgan fingerprint density at radius 1 is 1.07 bits per heavy atom. The van der Waals surface area contributed by atoms with Crippen LogP contribution in [0.4, 0.5) is 0 Å². The summed E-state index contributed by atoms with van der Waals surface area (Å²) in [5.74, 6) is 0.0795. The van der Waals surface area contributed by atoms with Gasteiger partial charge in [0.05, 0.1) is 17.6 Å². The van der Waals surface area contributed by atoms with E-state index in [4.69, 9.17) is 9.88 Å². The summed E-state index contributed by atoms with van der Waals surface area (Å²) in [5, 5.41) is 5.19. The van der Waals surface area contributed by atoms with Gasteiger partial charge in [-0.3, -0.25) is 9.69 Å². The number of benzene rings is 2. The molecule has 1 fully saturated rings. The lowest BCUT2D eigenvalue weighted by molar-refractivity contribution is 0.0625. The first kappa shape index (κ1) is 22.2. The number of hydrogen-bond donors (Lipinski definition) is 1. The zero-order valence-electron chi connectivity index (χ0n) is 15.6. The molecular weight excluding hydrogens is 402 g/mol. The maximum Gasteiger partial charge on any atom is 0.257 e. The van der Waals surface area contributed by atoms with Crippen LogP contribution in [0.25, 0.3) is 0 Å². The van der Waals surface area contributed by atoms with Crippen LogP contribution in [0.1, 0.15) is 15.9 Å². The van der Waals surface area contributed by atoms with Gasteiger partial charge in [-0.15, -0.1) is 12.4 Å². The van der Waals surface area contributed by atoms with Crippen molar-refractivity contribution in [3.8, 4) is 5.75 Å². The number of amides is 1. The van der Waals surface area contributed by atoms with E-state index in [1.807, 2.05) is 18.2 Å². The molecule has 1 amide bonds. The maximum absolute atomic E-state index is 12.9. The van der Waals surface area contributed by atoms with Crippen molar-refractivity contribution in [2.24, 2.45) is 5.14 Å². The molecule has 2 aromatic carbocycles. The number of carbonyl (C=O) groups excluding carboxylic acids is 1. The van der Waals surface area contributed by atoms with Gasteiger partial charge < -0.3 is 9.64 Å². The summed E-state index contributed by atoms with van der Waals surface area (Å²) in [6, 6.07) is 14.3. The average molecular weight is 426 g/mol. The van der Waals surface area contributed by atoms with Crippen molar-refractivity contribution >= 4 is 28.3 Å². The standard InChI is InChI=1S/C19H23N3O4S.ClH/c1-26-18-8-7-16(27(20,24)25)13-17(18)19(23)22-11-9-21(10-12-22)14-15-5-3-2-4-6-15;/h2-8,13H,9-12,14H2,1H3,(H2,20,24,25);1H. The molecule has 0 aromatic heterocycles. The number of sulfonamides is 1. The molecule has 0 saturated carbocycles. The Hall–Kier alpha value is -2.13. The Labute approximate surface area is 171 Å². The van der Waals surface area contributed by atoms with E-state index >= 15 is 0 Å². The fraction of sp³-hybridized carbons (Fsp3) is 0.316. The number of rotatable bonds is 5. The highest BCUT2D eigenvalue weighted by atomic mass is 35.5. The summed E-state index contributed by atoms with van der Waals surface area (Å²) in [5.41, 5.74) is 1.44. The molecule has 1 aliphatic rings. The van der Waals surface area contributed by atoms with E-state index in [9.17, 15) is 13.2 Å². The smallest absolute Gasteiger partial charge is 0.257 e. The maximum atomic E-state index is 12.9. The molecule has 152 valence electrons. The highest BCUT2D eigenvalue weighted by molar-refractivity contribution is 7.89. The van der Waals surface area contributed by atoms with Crippen molar-refractivity contribution in [1.29, 1.82) is 0 Å². The molecule has 2 aromatic rings. The molecule has 1 aliphatic heterocycles. The number of nitrogens with zero attached hydrogens (tertiary/aromatic N) is 2. The van der Waals surface area contributed by atoms with Crippen LogP contribution in [-0.2, 0) is 16.6 Å². The third kappa shape index (κ3) is 5.23. The molecule has 0 spiro atoms. The summed E-state index contributed by atoms with van der Waals surface area (Å²) in [6.45, 7) is 3.46. The van der Waals surface area contributed by atoms with E-state index in [0.29, 0.717) is 18.8 Å². The Bertz CT molecular complexity index is 914. The predicted molar refractivity (Wildman–Crippen MR) is 109 cm³/mol. The summed E-state index contributed by atoms with van der Waals surface area (Å²) in [4.78, 5) is 16.8. The van der Waals surface area contributed by atoms with Gasteiger partial charge in [-0.05, 0) is 23.8 Å². The Morgan fingerprint density at radius 2 is 1.71 bits per heavy atom. The molecule has 2 N–H and O–H groups in total. The molecule has 7 nitrogen and oxygen atoms in total. The van der Waals surface area contributed by atoms with Gasteiger partial charge in [0.1, 0.15) is 5.75 Å². The molecule has 0 atom stereocenters. The van der Waals surface area contributed by atoms with E-state index in [1.54, 1.807) is 4.90 Å². The summed E-state index contributed by atoms with van der Waals surface area (Å²) in [7, 11) is -2.45. The van der Waals surface area contributed by atoms with Gasteiger partial charge in [-0.1, -0.05) is 30.3 Å². The van der Waals surface area contributed by atoms with Crippen LogP contribution in [0.3, 0.4) is 0 Å². The molecule has 0 radical (unpaired) electrons. The number of methoxy groups -OCH3 is 1. The lowest BCUT2D eigenvalue weighted by Crippen LogP contribution is -2.48. The molecule has 3 rings (SSSR count). The lowest BCUT2D eigenvalue weighted by atomic mass is 10.1. The number of ether oxygens (including phenoxy) is 1. The highest BCUT2D eigenvalue weighted by Gasteiger charge is 2.25. The van der Waals surface area contributed by atoms with Gasteiger partial charge in [-0.25, -0.2) is 13.6 Å². The summed E-state index contributed by atoms with van der Waals surface area (Å²) in [6.07, 6.45) is 0. The third-order valence-corrected chi connectivity index (χ3v) is 5.55. The number of halogens is 1. The highest BCUT2D eigenvalue weighted by Crippen LogP contribution is 2.24. The monoisotopic (exact) mass is 425 g/mol. The molecular formula is C19H24ClN3O4S. The minimum Gasteiger partial charge on any atom is -0.496 e. The fourth-order valence-corrected chi connectivity index (χ4v) is 3.69. The largest absolute Gasteiger partial charge is 0.496 e. The SMILES string of the molecule is COc1ccc(S(N)(=O)=O)cc1C(=O)N1CCN(Cc2ccccc2)CC1.Cl. The Balaban J connectivity index is 0.00000280. The second-order valence-corrected chi connectivity index (χ2v) is 8.02. The van der Waals surface area contributed by atoms with E-state index in [0.717, 1.165) is 19.6 Å². The van der Waals surface area contributed by atoms with E-state index in [1.165, 1.54) is 30.9 Å². The van der Waals surface area contributed by atoms with Gasteiger partial charge in [0.25, 0.3) is 5.91 Å². The van der Waals surface area contributed by atoms with Gasteiger partial charge >= 0.3 is 0 Å². The fourth-order valence-electron chi connectivity index (χ4n) is 3.15. The number of primary sulfonamides is 1. The molecule has 0 aliphatic carbocycles. The zero-order valence-corrected chi connectivity index (χ0v) is 17.2. The van der Waals surface area contributed by atoms with E-state index in [-0.39, 0.29) is 28.8 Å². The lowest BCUT2D eigenvalue weighted by Gasteiger charge is -2.35. The van der Waals surface area contributed by atoms with Crippen LogP contribution in [-0.4, -0.2) is 57.4 Å². The third-order valence-electron chi connectivity index (χ3n) is 4.64. The molecule has 1 saturated heterocycles. The Kier molecular flexibility index (Phi) is 7.42. The van der Waals surface area contributed by atoms with Gasteiger partial charge in [0, 0.05) is 32.7 Å². The van der Waals surface area contributed by atoms with Crippen molar-refractivity contribution in [3.63, 3.8) is 0 Å². The van der Waals surface area contributed by atoms with Crippen molar-refractivity contribution in [2.45, 2.75) is 11.4 Å². The second kappa shape index (κ2) is 9.38. The first-order chi connectivity index (χ1) is 12.9. The van der Waals surface area contributed by atoms with Crippen LogP contribution < -0.4 is 9.88 Å². The number of nitrogens with two attached hydrogens (primary N) is 1. The van der Waals surface area contributed by atoms with Gasteiger partial charge in [-0.2, -0.15) is 0 Å². The quantitative estimate of drug-likeness (QED) is 0.787. The number of carbonyl (C=O) groups is 1. The van der Waals surface area contributed by atoms with Crippen molar-refractivity contribution in [1.82, 2.24) is 9.80 Å². The molecule has 9 heteroatoms. The number of piperazine rings is 1. The van der Waals surface area contributed by atoms with E-state index in [2.05, 4.69) is 17.0 Å². The van der Waals surface area contributed by atoms with Crippen LogP contribution in [0, 0.1) is 0 Å². The zero-order chi connectivity index (χ0) is 19.4.